The van der Waals surface area contributed by atoms with Gasteiger partial charge in [-0.3, -0.25) is 4.99 Å². The third-order valence-electron chi connectivity index (χ3n) is 3.89. The minimum absolute atomic E-state index is 0.681. The quantitative estimate of drug-likeness (QED) is 0.586. The summed E-state index contributed by atoms with van der Waals surface area (Å²) in [5.41, 5.74) is 1.21. The third kappa shape index (κ3) is 5.48. The number of aromatic nitrogens is 3. The van der Waals surface area contributed by atoms with Gasteiger partial charge in [0.2, 0.25) is 0 Å². The first-order valence-electron chi connectivity index (χ1n) is 8.67. The Bertz CT molecular complexity index is 664. The van der Waals surface area contributed by atoms with Crippen molar-refractivity contribution in [3.05, 3.63) is 42.0 Å². The summed E-state index contributed by atoms with van der Waals surface area (Å²) in [7, 11) is 3.72. The summed E-state index contributed by atoms with van der Waals surface area (Å²) in [6.45, 7) is 7.23. The highest BCUT2D eigenvalue weighted by molar-refractivity contribution is 5.79. The molecule has 0 saturated carbocycles. The van der Waals surface area contributed by atoms with E-state index < -0.39 is 0 Å². The summed E-state index contributed by atoms with van der Waals surface area (Å²) in [4.78, 5) is 6.85. The van der Waals surface area contributed by atoms with E-state index in [0.717, 1.165) is 43.6 Å². The molecule has 0 amide bonds. The van der Waals surface area contributed by atoms with Crippen LogP contribution >= 0.6 is 0 Å². The molecule has 1 N–H and O–H groups in total. The molecule has 0 spiro atoms. The lowest BCUT2D eigenvalue weighted by Crippen LogP contribution is -2.38. The van der Waals surface area contributed by atoms with Gasteiger partial charge < -0.3 is 19.5 Å². The molecule has 1 heterocycles. The standard InChI is InChI=1S/C18H28N6O/c1-5-17-22-21-14-24(17)12-11-20-18(19-6-2)23(3)13-15-7-9-16(25-4)10-8-15/h7-10,14H,5-6,11-13H2,1-4H3,(H,19,20). The van der Waals surface area contributed by atoms with Gasteiger partial charge in [-0.05, 0) is 24.6 Å². The van der Waals surface area contributed by atoms with Gasteiger partial charge >= 0.3 is 0 Å². The number of aliphatic imine (C=N–C) groups is 1. The van der Waals surface area contributed by atoms with Crippen molar-refractivity contribution in [2.45, 2.75) is 33.4 Å². The van der Waals surface area contributed by atoms with Crippen LogP contribution in [0.15, 0.2) is 35.6 Å². The maximum atomic E-state index is 5.21. The second kappa shape index (κ2) is 9.66. The van der Waals surface area contributed by atoms with Crippen LogP contribution in [0, 0.1) is 0 Å². The van der Waals surface area contributed by atoms with E-state index in [1.165, 1.54) is 5.56 Å². The monoisotopic (exact) mass is 344 g/mol. The van der Waals surface area contributed by atoms with Crippen LogP contribution in [0.3, 0.4) is 0 Å². The van der Waals surface area contributed by atoms with E-state index in [1.807, 2.05) is 19.2 Å². The van der Waals surface area contributed by atoms with Gasteiger partial charge in [0.1, 0.15) is 17.9 Å². The Hall–Kier alpha value is -2.57. The molecule has 0 aliphatic carbocycles. The average Bonchev–Trinajstić information content (AvgIpc) is 3.09. The number of nitrogens with one attached hydrogen (secondary N) is 1. The molecule has 0 radical (unpaired) electrons. The molecule has 1 aromatic carbocycles. The van der Waals surface area contributed by atoms with Crippen LogP contribution in [-0.2, 0) is 19.5 Å². The van der Waals surface area contributed by atoms with Crippen molar-refractivity contribution in [3.8, 4) is 5.75 Å². The first kappa shape index (κ1) is 18.8. The Morgan fingerprint density at radius 3 is 2.68 bits per heavy atom. The van der Waals surface area contributed by atoms with Gasteiger partial charge in [-0.15, -0.1) is 10.2 Å². The number of aryl methyl sites for hydroxylation is 1. The molecule has 0 saturated heterocycles. The van der Waals surface area contributed by atoms with Crippen LogP contribution < -0.4 is 10.1 Å². The summed E-state index contributed by atoms with van der Waals surface area (Å²) in [5.74, 6) is 2.75. The van der Waals surface area contributed by atoms with E-state index >= 15 is 0 Å². The SMILES string of the molecule is CCNC(=NCCn1cnnc1CC)N(C)Cc1ccc(OC)cc1. The van der Waals surface area contributed by atoms with E-state index in [9.17, 15) is 0 Å². The number of ether oxygens (including phenoxy) is 1. The van der Waals surface area contributed by atoms with Crippen molar-refractivity contribution in [2.75, 3.05) is 27.2 Å². The minimum Gasteiger partial charge on any atom is -0.497 e. The Kier molecular flexibility index (Phi) is 7.25. The predicted octanol–water partition coefficient (Wildman–Crippen LogP) is 1.95. The Morgan fingerprint density at radius 2 is 2.04 bits per heavy atom. The highest BCUT2D eigenvalue weighted by Crippen LogP contribution is 2.12. The summed E-state index contributed by atoms with van der Waals surface area (Å²) >= 11 is 0. The summed E-state index contributed by atoms with van der Waals surface area (Å²) in [6, 6.07) is 8.10. The van der Waals surface area contributed by atoms with Crippen molar-refractivity contribution in [2.24, 2.45) is 4.99 Å². The number of benzene rings is 1. The first-order chi connectivity index (χ1) is 12.2. The molecule has 2 rings (SSSR count). The summed E-state index contributed by atoms with van der Waals surface area (Å²) < 4.78 is 7.26. The lowest BCUT2D eigenvalue weighted by Gasteiger charge is -2.22. The van der Waals surface area contributed by atoms with Crippen molar-refractivity contribution in [3.63, 3.8) is 0 Å². The predicted molar refractivity (Wildman–Crippen MR) is 99.8 cm³/mol. The van der Waals surface area contributed by atoms with E-state index in [4.69, 9.17) is 9.73 Å². The van der Waals surface area contributed by atoms with Crippen LogP contribution in [0.25, 0.3) is 0 Å². The van der Waals surface area contributed by atoms with Crippen LogP contribution in [0.4, 0.5) is 0 Å². The maximum Gasteiger partial charge on any atom is 0.194 e. The van der Waals surface area contributed by atoms with E-state index in [2.05, 4.69) is 51.0 Å². The van der Waals surface area contributed by atoms with Crippen LogP contribution in [-0.4, -0.2) is 52.9 Å². The van der Waals surface area contributed by atoms with Crippen LogP contribution in [0.5, 0.6) is 5.75 Å². The molecule has 0 unspecified atom stereocenters. The molecule has 7 heteroatoms. The van der Waals surface area contributed by atoms with Gasteiger partial charge in [0.25, 0.3) is 0 Å². The second-order valence-corrected chi connectivity index (χ2v) is 5.73. The molecule has 25 heavy (non-hydrogen) atoms. The fraction of sp³-hybridized carbons (Fsp3) is 0.500. The van der Waals surface area contributed by atoms with Crippen molar-refractivity contribution < 1.29 is 4.74 Å². The largest absolute Gasteiger partial charge is 0.497 e. The lowest BCUT2D eigenvalue weighted by molar-refractivity contribution is 0.414. The zero-order valence-electron chi connectivity index (χ0n) is 15.6. The van der Waals surface area contributed by atoms with Gasteiger partial charge in [-0.2, -0.15) is 0 Å². The molecular formula is C18H28N6O. The van der Waals surface area contributed by atoms with Gasteiger partial charge in [0, 0.05) is 33.1 Å². The van der Waals surface area contributed by atoms with Gasteiger partial charge in [-0.25, -0.2) is 0 Å². The average molecular weight is 344 g/mol. The molecule has 0 fully saturated rings. The van der Waals surface area contributed by atoms with Gasteiger partial charge in [-0.1, -0.05) is 19.1 Å². The van der Waals surface area contributed by atoms with Crippen LogP contribution in [0.2, 0.25) is 0 Å². The van der Waals surface area contributed by atoms with Crippen molar-refractivity contribution in [1.29, 1.82) is 0 Å². The molecule has 136 valence electrons. The van der Waals surface area contributed by atoms with E-state index in [-0.39, 0.29) is 0 Å². The minimum atomic E-state index is 0.681. The van der Waals surface area contributed by atoms with E-state index in [0.29, 0.717) is 6.54 Å². The first-order valence-corrected chi connectivity index (χ1v) is 8.67. The molecule has 2 aromatic rings. The number of hydrogen-bond donors (Lipinski definition) is 1. The summed E-state index contributed by atoms with van der Waals surface area (Å²) in [6.07, 6.45) is 2.64. The molecular weight excluding hydrogens is 316 g/mol. The van der Waals surface area contributed by atoms with Gasteiger partial charge in [0.05, 0.1) is 13.7 Å². The molecule has 0 aliphatic rings. The number of rotatable bonds is 8. The third-order valence-corrected chi connectivity index (χ3v) is 3.89. The normalized spacial score (nSPS) is 11.4. The Balaban J connectivity index is 1.97. The molecule has 0 aliphatic heterocycles. The molecule has 0 atom stereocenters. The van der Waals surface area contributed by atoms with Gasteiger partial charge in [0.15, 0.2) is 5.96 Å². The van der Waals surface area contributed by atoms with Crippen molar-refractivity contribution >= 4 is 5.96 Å². The number of nitrogens with zero attached hydrogens (tertiary/aromatic N) is 5. The molecule has 0 bridgehead atoms. The zero-order chi connectivity index (χ0) is 18.1. The highest BCUT2D eigenvalue weighted by Gasteiger charge is 2.07. The highest BCUT2D eigenvalue weighted by atomic mass is 16.5. The maximum absolute atomic E-state index is 5.21. The molecule has 1 aromatic heterocycles. The fourth-order valence-corrected chi connectivity index (χ4v) is 2.55. The van der Waals surface area contributed by atoms with Crippen molar-refractivity contribution in [1.82, 2.24) is 25.0 Å². The Labute approximate surface area is 149 Å². The molecule has 7 nitrogen and oxygen atoms in total. The fourth-order valence-electron chi connectivity index (χ4n) is 2.55. The summed E-state index contributed by atoms with van der Waals surface area (Å²) in [5, 5.41) is 11.4. The lowest BCUT2D eigenvalue weighted by atomic mass is 10.2. The number of methoxy groups -OCH3 is 1. The van der Waals surface area contributed by atoms with E-state index in [1.54, 1.807) is 13.4 Å². The number of hydrogen-bond acceptors (Lipinski definition) is 4. The second-order valence-electron chi connectivity index (χ2n) is 5.73. The smallest absolute Gasteiger partial charge is 0.194 e. The van der Waals surface area contributed by atoms with Crippen LogP contribution in [0.1, 0.15) is 25.2 Å². The number of guanidine groups is 1. The topological polar surface area (TPSA) is 67.6 Å². The zero-order valence-corrected chi connectivity index (χ0v) is 15.6. The Morgan fingerprint density at radius 1 is 1.28 bits per heavy atom.